The van der Waals surface area contributed by atoms with Crippen LogP contribution in [-0.2, 0) is 14.4 Å². The summed E-state index contributed by atoms with van der Waals surface area (Å²) < 4.78 is 0. The summed E-state index contributed by atoms with van der Waals surface area (Å²) in [6, 6.07) is 12.6. The minimum Gasteiger partial charge on any atom is -0.346 e. The number of hydrogen-bond acceptors (Lipinski definition) is 4. The Kier molecular flexibility index (Phi) is 6.68. The zero-order chi connectivity index (χ0) is 19.1. The molecule has 0 aliphatic carbocycles. The van der Waals surface area contributed by atoms with Crippen LogP contribution in [0.3, 0.4) is 0 Å². The van der Waals surface area contributed by atoms with E-state index in [1.807, 2.05) is 50.2 Å². The summed E-state index contributed by atoms with van der Waals surface area (Å²) in [5.74, 6) is -1.22. The SMILES string of the molecule is CC(C)[C@H](N)C(=O)NCC(=O)NCC(=O)Nc1cccc2ccccc12. The monoisotopic (exact) mass is 356 g/mol. The van der Waals surface area contributed by atoms with Gasteiger partial charge in [0.1, 0.15) is 0 Å². The van der Waals surface area contributed by atoms with Gasteiger partial charge in [-0.25, -0.2) is 0 Å². The second kappa shape index (κ2) is 8.96. The van der Waals surface area contributed by atoms with Gasteiger partial charge in [0, 0.05) is 11.1 Å². The fraction of sp³-hybridized carbons (Fsp3) is 0.316. The molecular weight excluding hydrogens is 332 g/mol. The molecule has 0 aromatic heterocycles. The van der Waals surface area contributed by atoms with Gasteiger partial charge in [-0.2, -0.15) is 0 Å². The molecule has 2 aromatic carbocycles. The highest BCUT2D eigenvalue weighted by Crippen LogP contribution is 2.22. The van der Waals surface area contributed by atoms with Crippen molar-refractivity contribution < 1.29 is 14.4 Å². The van der Waals surface area contributed by atoms with E-state index < -0.39 is 17.9 Å². The molecule has 3 amide bonds. The molecule has 7 heteroatoms. The van der Waals surface area contributed by atoms with Gasteiger partial charge in [-0.1, -0.05) is 50.2 Å². The number of carbonyl (C=O) groups excluding carboxylic acids is 3. The molecule has 0 saturated carbocycles. The van der Waals surface area contributed by atoms with Crippen LogP contribution < -0.4 is 21.7 Å². The van der Waals surface area contributed by atoms with Crippen molar-refractivity contribution in [3.8, 4) is 0 Å². The fourth-order valence-corrected chi connectivity index (χ4v) is 2.36. The van der Waals surface area contributed by atoms with E-state index in [9.17, 15) is 14.4 Å². The van der Waals surface area contributed by atoms with E-state index >= 15 is 0 Å². The topological polar surface area (TPSA) is 113 Å². The molecule has 0 fully saturated rings. The van der Waals surface area contributed by atoms with Gasteiger partial charge in [0.2, 0.25) is 17.7 Å². The zero-order valence-corrected chi connectivity index (χ0v) is 14.9. The number of nitrogens with two attached hydrogens (primary N) is 1. The van der Waals surface area contributed by atoms with Crippen molar-refractivity contribution in [1.29, 1.82) is 0 Å². The third-order valence-electron chi connectivity index (χ3n) is 3.95. The van der Waals surface area contributed by atoms with Crippen molar-refractivity contribution in [3.63, 3.8) is 0 Å². The Balaban J connectivity index is 1.81. The molecular formula is C19H24N4O3. The molecule has 0 aliphatic rings. The average molecular weight is 356 g/mol. The number of nitrogens with one attached hydrogen (secondary N) is 3. The van der Waals surface area contributed by atoms with E-state index in [-0.39, 0.29) is 24.9 Å². The molecule has 0 heterocycles. The van der Waals surface area contributed by atoms with Crippen molar-refractivity contribution in [3.05, 3.63) is 42.5 Å². The summed E-state index contributed by atoms with van der Waals surface area (Å²) in [4.78, 5) is 35.5. The molecule has 0 aliphatic heterocycles. The van der Waals surface area contributed by atoms with Crippen molar-refractivity contribution in [2.24, 2.45) is 11.7 Å². The summed E-state index contributed by atoms with van der Waals surface area (Å²) in [7, 11) is 0. The van der Waals surface area contributed by atoms with E-state index in [0.717, 1.165) is 10.8 Å². The van der Waals surface area contributed by atoms with Crippen LogP contribution >= 0.6 is 0 Å². The smallest absolute Gasteiger partial charge is 0.243 e. The second-order valence-corrected chi connectivity index (χ2v) is 6.34. The number of benzene rings is 2. The normalized spacial score (nSPS) is 11.8. The highest BCUT2D eigenvalue weighted by Gasteiger charge is 2.17. The highest BCUT2D eigenvalue weighted by molar-refractivity contribution is 6.03. The Hall–Kier alpha value is -2.93. The molecule has 1 atom stereocenters. The van der Waals surface area contributed by atoms with Gasteiger partial charge in [-0.05, 0) is 17.4 Å². The van der Waals surface area contributed by atoms with Gasteiger partial charge < -0.3 is 21.7 Å². The third-order valence-corrected chi connectivity index (χ3v) is 3.95. The molecule has 2 rings (SSSR count). The van der Waals surface area contributed by atoms with Crippen LogP contribution in [0.2, 0.25) is 0 Å². The Morgan fingerprint density at radius 1 is 0.923 bits per heavy atom. The summed E-state index contributed by atoms with van der Waals surface area (Å²) in [5, 5.41) is 9.63. The van der Waals surface area contributed by atoms with Gasteiger partial charge >= 0.3 is 0 Å². The van der Waals surface area contributed by atoms with Crippen LogP contribution in [0.4, 0.5) is 5.69 Å². The van der Waals surface area contributed by atoms with Crippen molar-refractivity contribution in [2.75, 3.05) is 18.4 Å². The molecule has 2 aromatic rings. The summed E-state index contributed by atoms with van der Waals surface area (Å²) >= 11 is 0. The van der Waals surface area contributed by atoms with Gasteiger partial charge in [-0.3, -0.25) is 14.4 Å². The number of anilines is 1. The maximum Gasteiger partial charge on any atom is 0.243 e. The van der Waals surface area contributed by atoms with Gasteiger partial charge in [0.15, 0.2) is 0 Å². The van der Waals surface area contributed by atoms with Crippen LogP contribution in [0.1, 0.15) is 13.8 Å². The molecule has 0 spiro atoms. The predicted octanol–water partition coefficient (Wildman–Crippen LogP) is 0.994. The number of carbonyl (C=O) groups is 3. The summed E-state index contributed by atoms with van der Waals surface area (Å²) in [6.45, 7) is 3.23. The lowest BCUT2D eigenvalue weighted by atomic mass is 10.1. The van der Waals surface area contributed by atoms with Gasteiger partial charge in [-0.15, -0.1) is 0 Å². The average Bonchev–Trinajstić information content (AvgIpc) is 2.64. The van der Waals surface area contributed by atoms with E-state index in [1.165, 1.54) is 0 Å². The first kappa shape index (κ1) is 19.4. The molecule has 7 nitrogen and oxygen atoms in total. The summed E-state index contributed by atoms with van der Waals surface area (Å²) in [5.41, 5.74) is 6.37. The molecule has 138 valence electrons. The Labute approximate surface area is 152 Å². The Morgan fingerprint density at radius 3 is 2.31 bits per heavy atom. The molecule has 0 unspecified atom stereocenters. The minimum atomic E-state index is -0.669. The quantitative estimate of drug-likeness (QED) is 0.592. The van der Waals surface area contributed by atoms with Crippen molar-refractivity contribution in [2.45, 2.75) is 19.9 Å². The van der Waals surface area contributed by atoms with Crippen molar-refractivity contribution in [1.82, 2.24) is 10.6 Å². The molecule has 5 N–H and O–H groups in total. The largest absolute Gasteiger partial charge is 0.346 e. The molecule has 0 saturated heterocycles. The lowest BCUT2D eigenvalue weighted by Gasteiger charge is -2.15. The number of amides is 3. The predicted molar refractivity (Wildman–Crippen MR) is 101 cm³/mol. The maximum atomic E-state index is 12.1. The van der Waals surface area contributed by atoms with Crippen LogP contribution in [0.15, 0.2) is 42.5 Å². The molecule has 0 bridgehead atoms. The summed E-state index contributed by atoms with van der Waals surface area (Å²) in [6.07, 6.45) is 0. The third kappa shape index (κ3) is 5.29. The number of rotatable bonds is 7. The van der Waals surface area contributed by atoms with Crippen LogP contribution in [0.5, 0.6) is 0 Å². The maximum absolute atomic E-state index is 12.1. The highest BCUT2D eigenvalue weighted by atomic mass is 16.2. The van der Waals surface area contributed by atoms with Crippen LogP contribution in [-0.4, -0.2) is 36.9 Å². The van der Waals surface area contributed by atoms with E-state index in [0.29, 0.717) is 5.69 Å². The first-order chi connectivity index (χ1) is 12.4. The lowest BCUT2D eigenvalue weighted by Crippen LogP contribution is -2.47. The van der Waals surface area contributed by atoms with E-state index in [1.54, 1.807) is 6.07 Å². The lowest BCUT2D eigenvalue weighted by molar-refractivity contribution is -0.127. The fourth-order valence-electron chi connectivity index (χ4n) is 2.36. The first-order valence-corrected chi connectivity index (χ1v) is 8.46. The number of hydrogen-bond donors (Lipinski definition) is 4. The van der Waals surface area contributed by atoms with E-state index in [2.05, 4.69) is 16.0 Å². The minimum absolute atomic E-state index is 0.0236. The van der Waals surface area contributed by atoms with Crippen LogP contribution in [0.25, 0.3) is 10.8 Å². The number of fused-ring (bicyclic) bond motifs is 1. The Morgan fingerprint density at radius 2 is 1.58 bits per heavy atom. The Bertz CT molecular complexity index is 799. The second-order valence-electron chi connectivity index (χ2n) is 6.34. The zero-order valence-electron chi connectivity index (χ0n) is 14.9. The van der Waals surface area contributed by atoms with Gasteiger partial charge in [0.05, 0.1) is 19.1 Å². The molecule has 0 radical (unpaired) electrons. The first-order valence-electron chi connectivity index (χ1n) is 8.46. The van der Waals surface area contributed by atoms with E-state index in [4.69, 9.17) is 5.73 Å². The standard InChI is InChI=1S/C19H24N4O3/c1-12(2)18(20)19(26)22-10-16(24)21-11-17(25)23-15-9-5-7-13-6-3-4-8-14(13)15/h3-9,12,18H,10-11,20H2,1-2H3,(H,21,24)(H,22,26)(H,23,25)/t18-/m0/s1. The van der Waals surface area contributed by atoms with Gasteiger partial charge in [0.25, 0.3) is 0 Å². The van der Waals surface area contributed by atoms with Crippen molar-refractivity contribution >= 4 is 34.2 Å². The van der Waals surface area contributed by atoms with Crippen LogP contribution in [0, 0.1) is 5.92 Å². The molecule has 26 heavy (non-hydrogen) atoms.